The van der Waals surface area contributed by atoms with Crippen LogP contribution in [0.3, 0.4) is 0 Å². The van der Waals surface area contributed by atoms with E-state index >= 15 is 4.79 Å². The zero-order valence-electron chi connectivity index (χ0n) is 34.3. The molecule has 2 amide bonds. The molecule has 300 valence electrons. The molecular formula is C44H47Cl2N9O3. The molecule has 0 fully saturated rings. The lowest BCUT2D eigenvalue weighted by Gasteiger charge is -2.34. The first-order valence-corrected chi connectivity index (χ1v) is 20.2. The molecule has 4 aromatic heterocycles. The van der Waals surface area contributed by atoms with Crippen molar-refractivity contribution >= 4 is 62.5 Å². The van der Waals surface area contributed by atoms with Gasteiger partial charge < -0.3 is 23.7 Å². The van der Waals surface area contributed by atoms with Crippen molar-refractivity contribution in [3.63, 3.8) is 0 Å². The molecule has 7 aromatic rings. The number of nitrogens with zero attached hydrogens (tertiary/aromatic N) is 9. The van der Waals surface area contributed by atoms with Gasteiger partial charge in [-0.3, -0.25) is 19.0 Å². The zero-order chi connectivity index (χ0) is 41.3. The Kier molecular flexibility index (Phi) is 10.1. The highest BCUT2D eigenvalue weighted by atomic mass is 35.5. The molecule has 8 rings (SSSR count). The molecule has 3 aromatic carbocycles. The predicted octanol–water partition coefficient (Wildman–Crippen LogP) is 8.65. The van der Waals surface area contributed by atoms with Crippen molar-refractivity contribution < 1.29 is 14.3 Å². The molecule has 0 bridgehead atoms. The maximum atomic E-state index is 15.4. The zero-order valence-corrected chi connectivity index (χ0v) is 35.8. The number of ether oxygens (including phenoxy) is 1. The van der Waals surface area contributed by atoms with E-state index in [1.54, 1.807) is 30.0 Å². The van der Waals surface area contributed by atoms with E-state index in [0.717, 1.165) is 77.3 Å². The smallest absolute Gasteiger partial charge is 0.275 e. The lowest BCUT2D eigenvalue weighted by atomic mass is 9.98. The van der Waals surface area contributed by atoms with Gasteiger partial charge in [-0.25, -0.2) is 4.98 Å². The van der Waals surface area contributed by atoms with Gasteiger partial charge >= 0.3 is 0 Å². The van der Waals surface area contributed by atoms with E-state index in [1.807, 2.05) is 105 Å². The van der Waals surface area contributed by atoms with Gasteiger partial charge in [0.25, 0.3) is 5.91 Å². The SMILES string of the molecule is Cc1cc(OCCCc2c3n(c4c(-c5c(C)nn(C)c5C)c(Cl)ccc24)C(C)CN(c2cn(CC(=O)N(C)C)c4ccc(-c5ncn(C)n5)cc24)C3=O)cc(C)c1Cl. The number of fused-ring (bicyclic) bond motifs is 4. The number of rotatable bonds is 10. The summed E-state index contributed by atoms with van der Waals surface area (Å²) in [5.41, 5.74) is 10.4. The number of hydrogen-bond acceptors (Lipinski definition) is 6. The number of halogens is 2. The Bertz CT molecular complexity index is 2770. The molecule has 0 aliphatic carbocycles. The van der Waals surface area contributed by atoms with Crippen molar-refractivity contribution in [3.05, 3.63) is 98.8 Å². The van der Waals surface area contributed by atoms with E-state index in [9.17, 15) is 4.79 Å². The number of aryl methyl sites for hydroxylation is 6. The van der Waals surface area contributed by atoms with Crippen LogP contribution in [0.4, 0.5) is 5.69 Å². The molecule has 14 heteroatoms. The van der Waals surface area contributed by atoms with Crippen molar-refractivity contribution in [1.29, 1.82) is 0 Å². The molecule has 1 unspecified atom stereocenters. The van der Waals surface area contributed by atoms with Gasteiger partial charge in [0, 0.05) is 85.2 Å². The number of benzene rings is 3. The molecule has 1 atom stereocenters. The first kappa shape index (κ1) is 39.2. The van der Waals surface area contributed by atoms with E-state index in [0.29, 0.717) is 48.2 Å². The van der Waals surface area contributed by atoms with Crippen LogP contribution in [0.1, 0.15) is 58.0 Å². The summed E-state index contributed by atoms with van der Waals surface area (Å²) in [6, 6.07) is 13.7. The van der Waals surface area contributed by atoms with Crippen LogP contribution in [0, 0.1) is 27.7 Å². The van der Waals surface area contributed by atoms with E-state index in [4.69, 9.17) is 33.0 Å². The maximum absolute atomic E-state index is 15.4. The Hall–Kier alpha value is -5.59. The number of aromatic nitrogens is 7. The second-order valence-corrected chi connectivity index (χ2v) is 16.5. The van der Waals surface area contributed by atoms with Gasteiger partial charge in [-0.1, -0.05) is 29.3 Å². The van der Waals surface area contributed by atoms with Gasteiger partial charge in [-0.15, -0.1) is 0 Å². The molecule has 1 aliphatic heterocycles. The number of likely N-dealkylation sites (N-methyl/N-ethyl adjacent to an activating group) is 1. The predicted molar refractivity (Wildman–Crippen MR) is 230 cm³/mol. The number of hydrogen-bond donors (Lipinski definition) is 0. The van der Waals surface area contributed by atoms with Crippen molar-refractivity contribution in [1.82, 2.24) is 38.6 Å². The summed E-state index contributed by atoms with van der Waals surface area (Å²) in [5, 5.41) is 12.4. The van der Waals surface area contributed by atoms with Crippen LogP contribution in [0.15, 0.2) is 55.0 Å². The third kappa shape index (κ3) is 6.61. The summed E-state index contributed by atoms with van der Waals surface area (Å²) in [7, 11) is 7.25. The fourth-order valence-electron chi connectivity index (χ4n) is 8.46. The fraction of sp³-hybridized carbons (Fsp3) is 0.341. The Morgan fingerprint density at radius 3 is 2.36 bits per heavy atom. The van der Waals surface area contributed by atoms with Crippen LogP contribution < -0.4 is 9.64 Å². The van der Waals surface area contributed by atoms with E-state index < -0.39 is 0 Å². The standard InChI is InChI=1S/C44H47Cl2N9O3/c1-24-17-30(18-25(2)40(24)46)58-16-10-11-31-32-13-14-34(45)39(38-27(4)48-52(9)28(38)5)41(32)55-26(3)20-54(44(57)42(31)55)36-21-53(22-37(56)50(6)7)35-15-12-29(19-33(35)36)43-47-23-51(8)49-43/h12-15,17-19,21,23,26H,10-11,16,20,22H2,1-9H3. The van der Waals surface area contributed by atoms with Crippen molar-refractivity contribution in [2.75, 3.05) is 32.1 Å². The molecule has 0 saturated heterocycles. The van der Waals surface area contributed by atoms with Gasteiger partial charge in [0.05, 0.1) is 34.0 Å². The van der Waals surface area contributed by atoms with Crippen molar-refractivity contribution in [2.24, 2.45) is 14.1 Å². The summed E-state index contributed by atoms with van der Waals surface area (Å²) < 4.78 is 13.9. The van der Waals surface area contributed by atoms with Crippen molar-refractivity contribution in [2.45, 2.75) is 60.0 Å². The fourth-order valence-corrected chi connectivity index (χ4v) is 8.82. The molecule has 0 saturated carbocycles. The monoisotopic (exact) mass is 819 g/mol. The van der Waals surface area contributed by atoms with E-state index in [1.165, 1.54) is 0 Å². The molecule has 0 spiro atoms. The van der Waals surface area contributed by atoms with Crippen LogP contribution in [0.25, 0.3) is 44.3 Å². The van der Waals surface area contributed by atoms with Crippen LogP contribution >= 0.6 is 23.2 Å². The highest BCUT2D eigenvalue weighted by Gasteiger charge is 2.38. The largest absolute Gasteiger partial charge is 0.494 e. The summed E-state index contributed by atoms with van der Waals surface area (Å²) in [5.74, 6) is 1.15. The van der Waals surface area contributed by atoms with Crippen molar-refractivity contribution in [3.8, 4) is 28.3 Å². The number of carbonyl (C=O) groups excluding carboxylic acids is 2. The molecule has 58 heavy (non-hydrogen) atoms. The average Bonchev–Trinajstić information content (AvgIpc) is 3.93. The minimum Gasteiger partial charge on any atom is -0.494 e. The lowest BCUT2D eigenvalue weighted by Crippen LogP contribution is -2.42. The third-order valence-corrected chi connectivity index (χ3v) is 12.3. The van der Waals surface area contributed by atoms with Gasteiger partial charge in [-0.2, -0.15) is 10.2 Å². The summed E-state index contributed by atoms with van der Waals surface area (Å²) in [6.45, 7) is 11.1. The Balaban J connectivity index is 1.28. The molecule has 0 radical (unpaired) electrons. The molecule has 12 nitrogen and oxygen atoms in total. The van der Waals surface area contributed by atoms with Crippen LogP contribution in [0.5, 0.6) is 5.75 Å². The number of amides is 2. The Morgan fingerprint density at radius 2 is 1.71 bits per heavy atom. The van der Waals surface area contributed by atoms with E-state index in [-0.39, 0.29) is 24.4 Å². The number of carbonyl (C=O) groups is 2. The van der Waals surface area contributed by atoms with Gasteiger partial charge in [0.1, 0.15) is 24.3 Å². The lowest BCUT2D eigenvalue weighted by molar-refractivity contribution is -0.129. The summed E-state index contributed by atoms with van der Waals surface area (Å²) in [4.78, 5) is 36.5. The first-order chi connectivity index (χ1) is 27.6. The topological polar surface area (TPSA) is 108 Å². The Labute approximate surface area is 347 Å². The first-order valence-electron chi connectivity index (χ1n) is 19.4. The second kappa shape index (κ2) is 15.0. The minimum absolute atomic E-state index is 0.0591. The summed E-state index contributed by atoms with van der Waals surface area (Å²) in [6.07, 6.45) is 4.83. The average molecular weight is 821 g/mol. The van der Waals surface area contributed by atoms with Gasteiger partial charge in [-0.05, 0) is 101 Å². The molecule has 1 aliphatic rings. The van der Waals surface area contributed by atoms with E-state index in [2.05, 4.69) is 21.6 Å². The quantitative estimate of drug-likeness (QED) is 0.128. The molecular weight excluding hydrogens is 773 g/mol. The van der Waals surface area contributed by atoms with Gasteiger partial charge in [0.15, 0.2) is 5.82 Å². The molecule has 5 heterocycles. The van der Waals surface area contributed by atoms with Gasteiger partial charge in [0.2, 0.25) is 5.91 Å². The highest BCUT2D eigenvalue weighted by molar-refractivity contribution is 6.35. The van der Waals surface area contributed by atoms with Crippen LogP contribution in [-0.4, -0.2) is 77.6 Å². The summed E-state index contributed by atoms with van der Waals surface area (Å²) >= 11 is 13.6. The number of anilines is 1. The van der Waals surface area contributed by atoms with Crippen LogP contribution in [-0.2, 0) is 31.9 Å². The second-order valence-electron chi connectivity index (χ2n) is 15.7. The Morgan fingerprint density at radius 1 is 0.966 bits per heavy atom. The van der Waals surface area contributed by atoms with Crippen LogP contribution in [0.2, 0.25) is 10.0 Å². The third-order valence-electron chi connectivity index (χ3n) is 11.4. The highest BCUT2D eigenvalue weighted by Crippen LogP contribution is 2.46. The normalized spacial score (nSPS) is 14.2. The minimum atomic E-state index is -0.155. The maximum Gasteiger partial charge on any atom is 0.275 e. The molecule has 0 N–H and O–H groups in total.